The maximum atomic E-state index is 12.5. The Morgan fingerprint density at radius 1 is 1.24 bits per heavy atom. The maximum absolute atomic E-state index is 12.5. The molecule has 0 bridgehead atoms. The van der Waals surface area contributed by atoms with Gasteiger partial charge < -0.3 is 14.6 Å². The van der Waals surface area contributed by atoms with Gasteiger partial charge in [0.05, 0.1) is 17.5 Å². The number of ether oxygens (including phenoxy) is 2. The third-order valence-corrected chi connectivity index (χ3v) is 5.23. The Labute approximate surface area is 145 Å². The highest BCUT2D eigenvalue weighted by molar-refractivity contribution is 7.89. The number of hydrogen-bond acceptors (Lipinski definition) is 5. The minimum absolute atomic E-state index is 0.199. The fourth-order valence-corrected chi connectivity index (χ4v) is 3.85. The molecule has 1 unspecified atom stereocenters. The molecule has 3 rings (SSSR count). The zero-order valence-electron chi connectivity index (χ0n) is 13.2. The molecular formula is C17H17NO6S. The number of aliphatic carboxylic acids is 1. The molecule has 0 amide bonds. The van der Waals surface area contributed by atoms with Gasteiger partial charge in [0.2, 0.25) is 10.0 Å². The first-order valence-electron chi connectivity index (χ1n) is 7.64. The van der Waals surface area contributed by atoms with Crippen LogP contribution in [0.2, 0.25) is 0 Å². The highest BCUT2D eigenvalue weighted by atomic mass is 32.2. The van der Waals surface area contributed by atoms with E-state index in [-0.39, 0.29) is 4.90 Å². The molecule has 25 heavy (non-hydrogen) atoms. The number of fused-ring (bicyclic) bond motifs is 1. The molecule has 2 aromatic carbocycles. The van der Waals surface area contributed by atoms with Crippen LogP contribution in [-0.2, 0) is 14.8 Å². The number of carbonyl (C=O) groups is 1. The van der Waals surface area contributed by atoms with Crippen molar-refractivity contribution < 1.29 is 27.8 Å². The molecule has 132 valence electrons. The van der Waals surface area contributed by atoms with Crippen LogP contribution in [-0.4, -0.2) is 32.7 Å². The molecular weight excluding hydrogens is 346 g/mol. The van der Waals surface area contributed by atoms with Crippen molar-refractivity contribution in [3.05, 3.63) is 54.1 Å². The number of carboxylic acid groups (broad SMARTS) is 1. The predicted octanol–water partition coefficient (Wildman–Crippen LogP) is 1.95. The summed E-state index contributed by atoms with van der Waals surface area (Å²) in [4.78, 5) is 10.8. The Hall–Kier alpha value is -2.58. The second-order valence-electron chi connectivity index (χ2n) is 5.51. The fourth-order valence-electron chi connectivity index (χ4n) is 2.58. The third-order valence-electron chi connectivity index (χ3n) is 3.74. The average molecular weight is 363 g/mol. The van der Waals surface area contributed by atoms with E-state index >= 15 is 0 Å². The summed E-state index contributed by atoms with van der Waals surface area (Å²) >= 11 is 0. The SMILES string of the molecule is O=C(O)COc1ccc2c(c1)OCCC2NS(=O)(=O)c1ccccc1. The summed E-state index contributed by atoms with van der Waals surface area (Å²) in [5.41, 5.74) is 0.688. The van der Waals surface area contributed by atoms with Crippen LogP contribution in [0.1, 0.15) is 18.0 Å². The summed E-state index contributed by atoms with van der Waals surface area (Å²) < 4.78 is 38.4. The van der Waals surface area contributed by atoms with Crippen LogP contribution in [0.3, 0.4) is 0 Å². The lowest BCUT2D eigenvalue weighted by Crippen LogP contribution is -2.32. The quantitative estimate of drug-likeness (QED) is 0.813. The van der Waals surface area contributed by atoms with Crippen LogP contribution in [0.4, 0.5) is 0 Å². The topological polar surface area (TPSA) is 102 Å². The van der Waals surface area contributed by atoms with E-state index in [2.05, 4.69) is 4.72 Å². The van der Waals surface area contributed by atoms with Crippen molar-refractivity contribution in [1.29, 1.82) is 0 Å². The van der Waals surface area contributed by atoms with Gasteiger partial charge in [-0.2, -0.15) is 0 Å². The molecule has 1 aliphatic rings. The lowest BCUT2D eigenvalue weighted by Gasteiger charge is -2.27. The summed E-state index contributed by atoms with van der Waals surface area (Å²) in [5, 5.41) is 8.66. The molecule has 0 fully saturated rings. The Morgan fingerprint density at radius 2 is 2.00 bits per heavy atom. The average Bonchev–Trinajstić information content (AvgIpc) is 2.60. The van der Waals surface area contributed by atoms with Gasteiger partial charge in [0, 0.05) is 18.1 Å². The molecule has 2 N–H and O–H groups in total. The smallest absolute Gasteiger partial charge is 0.341 e. The first-order chi connectivity index (χ1) is 12.0. The third kappa shape index (κ3) is 4.09. The number of rotatable bonds is 6. The van der Waals surface area contributed by atoms with E-state index in [0.29, 0.717) is 30.1 Å². The van der Waals surface area contributed by atoms with Crippen molar-refractivity contribution in [2.45, 2.75) is 17.4 Å². The fraction of sp³-hybridized carbons (Fsp3) is 0.235. The van der Waals surface area contributed by atoms with Crippen molar-refractivity contribution >= 4 is 16.0 Å². The van der Waals surface area contributed by atoms with Crippen molar-refractivity contribution in [2.24, 2.45) is 0 Å². The number of benzene rings is 2. The predicted molar refractivity (Wildman–Crippen MR) is 89.2 cm³/mol. The van der Waals surface area contributed by atoms with E-state index in [9.17, 15) is 13.2 Å². The van der Waals surface area contributed by atoms with Crippen LogP contribution in [0.25, 0.3) is 0 Å². The second kappa shape index (κ2) is 7.12. The minimum Gasteiger partial charge on any atom is -0.493 e. The van der Waals surface area contributed by atoms with E-state index in [0.717, 1.165) is 0 Å². The van der Waals surface area contributed by atoms with Gasteiger partial charge in [-0.15, -0.1) is 0 Å². The molecule has 0 aromatic heterocycles. The van der Waals surface area contributed by atoms with E-state index in [4.69, 9.17) is 14.6 Å². The van der Waals surface area contributed by atoms with Crippen molar-refractivity contribution in [1.82, 2.24) is 4.72 Å². The van der Waals surface area contributed by atoms with E-state index < -0.39 is 28.6 Å². The van der Waals surface area contributed by atoms with Gasteiger partial charge in [0.15, 0.2) is 6.61 Å². The molecule has 0 spiro atoms. The number of carboxylic acids is 1. The summed E-state index contributed by atoms with van der Waals surface area (Å²) in [6, 6.07) is 12.6. The van der Waals surface area contributed by atoms with Crippen LogP contribution in [0.15, 0.2) is 53.4 Å². The van der Waals surface area contributed by atoms with Crippen molar-refractivity contribution in [3.8, 4) is 11.5 Å². The molecule has 1 atom stereocenters. The van der Waals surface area contributed by atoms with Crippen LogP contribution in [0.5, 0.6) is 11.5 Å². The summed E-state index contributed by atoms with van der Waals surface area (Å²) in [6.45, 7) is -0.111. The van der Waals surface area contributed by atoms with E-state index in [1.807, 2.05) is 0 Å². The lowest BCUT2D eigenvalue weighted by molar-refractivity contribution is -0.139. The Bertz CT molecular complexity index is 866. The number of hydrogen-bond donors (Lipinski definition) is 2. The maximum Gasteiger partial charge on any atom is 0.341 e. The molecule has 0 aliphatic carbocycles. The van der Waals surface area contributed by atoms with Crippen LogP contribution in [0, 0.1) is 0 Å². The first kappa shape index (κ1) is 17.2. The molecule has 7 nitrogen and oxygen atoms in total. The van der Waals surface area contributed by atoms with E-state index in [1.165, 1.54) is 12.1 Å². The summed E-state index contributed by atoms with van der Waals surface area (Å²) in [6.07, 6.45) is 0.494. The zero-order chi connectivity index (χ0) is 17.9. The van der Waals surface area contributed by atoms with Crippen LogP contribution < -0.4 is 14.2 Å². The second-order valence-corrected chi connectivity index (χ2v) is 7.22. The molecule has 0 radical (unpaired) electrons. The van der Waals surface area contributed by atoms with Crippen molar-refractivity contribution in [3.63, 3.8) is 0 Å². The molecule has 1 aliphatic heterocycles. The molecule has 0 saturated carbocycles. The molecule has 0 saturated heterocycles. The van der Waals surface area contributed by atoms with Gasteiger partial charge in [0.1, 0.15) is 11.5 Å². The summed E-state index contributed by atoms with van der Waals surface area (Å²) in [5.74, 6) is -0.241. The highest BCUT2D eigenvalue weighted by Gasteiger charge is 2.27. The largest absolute Gasteiger partial charge is 0.493 e. The highest BCUT2D eigenvalue weighted by Crippen LogP contribution is 2.35. The Kier molecular flexibility index (Phi) is 4.91. The lowest BCUT2D eigenvalue weighted by atomic mass is 10.0. The Balaban J connectivity index is 1.81. The molecule has 8 heteroatoms. The van der Waals surface area contributed by atoms with Gasteiger partial charge >= 0.3 is 5.97 Å². The minimum atomic E-state index is -3.65. The van der Waals surface area contributed by atoms with Gasteiger partial charge in [-0.3, -0.25) is 0 Å². The molecule has 2 aromatic rings. The number of sulfonamides is 1. The van der Waals surface area contributed by atoms with Crippen molar-refractivity contribution in [2.75, 3.05) is 13.2 Å². The first-order valence-corrected chi connectivity index (χ1v) is 9.13. The van der Waals surface area contributed by atoms with E-state index in [1.54, 1.807) is 36.4 Å². The normalized spacial score (nSPS) is 16.6. The zero-order valence-corrected chi connectivity index (χ0v) is 14.0. The van der Waals surface area contributed by atoms with Gasteiger partial charge in [-0.05, 0) is 18.2 Å². The summed E-state index contributed by atoms with van der Waals surface area (Å²) in [7, 11) is -3.65. The van der Waals surface area contributed by atoms with Crippen LogP contribution >= 0.6 is 0 Å². The van der Waals surface area contributed by atoms with Gasteiger partial charge in [-0.25, -0.2) is 17.9 Å². The standard InChI is InChI=1S/C17H17NO6S/c19-17(20)11-24-12-6-7-14-15(8-9-23-16(14)10-12)18-25(21,22)13-4-2-1-3-5-13/h1-7,10,15,18H,8-9,11H2,(H,19,20). The van der Waals surface area contributed by atoms with Gasteiger partial charge in [-0.1, -0.05) is 24.3 Å². The number of nitrogens with one attached hydrogen (secondary N) is 1. The monoisotopic (exact) mass is 363 g/mol. The molecule has 1 heterocycles. The van der Waals surface area contributed by atoms with Gasteiger partial charge in [0.25, 0.3) is 0 Å². The Morgan fingerprint density at radius 3 is 2.72 bits per heavy atom.